The molecule has 1 N–H and O–H groups in total. The van der Waals surface area contributed by atoms with Gasteiger partial charge in [0.1, 0.15) is 5.75 Å². The number of aromatic hydroxyl groups is 1. The molecule has 2 nitrogen and oxygen atoms in total. The van der Waals surface area contributed by atoms with Crippen molar-refractivity contribution in [1.82, 2.24) is 4.90 Å². The highest BCUT2D eigenvalue weighted by Crippen LogP contribution is 2.39. The third kappa shape index (κ3) is 1.71. The lowest BCUT2D eigenvalue weighted by Crippen LogP contribution is -2.23. The predicted molar refractivity (Wildman–Crippen MR) is 60.6 cm³/mol. The molecule has 0 amide bonds. The Labute approximate surface area is 90.5 Å². The summed E-state index contributed by atoms with van der Waals surface area (Å²) in [5.41, 5.74) is 2.32. The standard InChI is InChI=1S/C13H15NO/c1-3-9-14(2)11-8-7-10-5-4-6-12(15)13(10)11/h1,4-6,11,15H,7-9H2,2H3/t11-/m1/s1. The van der Waals surface area contributed by atoms with Gasteiger partial charge in [-0.3, -0.25) is 4.90 Å². The van der Waals surface area contributed by atoms with Gasteiger partial charge < -0.3 is 5.11 Å². The van der Waals surface area contributed by atoms with Gasteiger partial charge in [0.05, 0.1) is 6.54 Å². The number of hydrogen-bond donors (Lipinski definition) is 1. The smallest absolute Gasteiger partial charge is 0.120 e. The van der Waals surface area contributed by atoms with E-state index in [9.17, 15) is 5.11 Å². The van der Waals surface area contributed by atoms with E-state index in [0.717, 1.165) is 18.4 Å². The highest BCUT2D eigenvalue weighted by atomic mass is 16.3. The van der Waals surface area contributed by atoms with Crippen LogP contribution in [0.25, 0.3) is 0 Å². The molecule has 1 aliphatic carbocycles. The van der Waals surface area contributed by atoms with Crippen LogP contribution in [0.5, 0.6) is 5.75 Å². The van der Waals surface area contributed by atoms with Gasteiger partial charge in [-0.1, -0.05) is 18.1 Å². The average Bonchev–Trinajstić information content (AvgIpc) is 2.63. The largest absolute Gasteiger partial charge is 0.508 e. The first-order chi connectivity index (χ1) is 7.24. The summed E-state index contributed by atoms with van der Waals surface area (Å²) in [5, 5.41) is 9.84. The Morgan fingerprint density at radius 2 is 2.40 bits per heavy atom. The summed E-state index contributed by atoms with van der Waals surface area (Å²) >= 11 is 0. The zero-order chi connectivity index (χ0) is 10.8. The number of hydrogen-bond acceptors (Lipinski definition) is 2. The molecule has 2 rings (SSSR count). The van der Waals surface area contributed by atoms with Crippen LogP contribution in [0.3, 0.4) is 0 Å². The SMILES string of the molecule is C#CCN(C)[C@@H]1CCc2cccc(O)c21. The molecular weight excluding hydrogens is 186 g/mol. The molecule has 1 aromatic rings. The second-order valence-electron chi connectivity index (χ2n) is 4.02. The van der Waals surface area contributed by atoms with E-state index in [1.807, 2.05) is 13.1 Å². The van der Waals surface area contributed by atoms with Crippen LogP contribution in [0.4, 0.5) is 0 Å². The van der Waals surface area contributed by atoms with E-state index in [1.165, 1.54) is 5.56 Å². The number of phenolic OH excluding ortho intramolecular Hbond substituents is 1. The van der Waals surface area contributed by atoms with Crippen molar-refractivity contribution in [3.63, 3.8) is 0 Å². The van der Waals surface area contributed by atoms with Crippen LogP contribution >= 0.6 is 0 Å². The molecular formula is C13H15NO. The molecule has 1 aromatic carbocycles. The number of fused-ring (bicyclic) bond motifs is 1. The number of nitrogens with zero attached hydrogens (tertiary/aromatic N) is 1. The summed E-state index contributed by atoms with van der Waals surface area (Å²) in [6.45, 7) is 0.623. The van der Waals surface area contributed by atoms with Crippen molar-refractivity contribution in [3.8, 4) is 18.1 Å². The maximum Gasteiger partial charge on any atom is 0.120 e. The molecule has 0 aromatic heterocycles. The van der Waals surface area contributed by atoms with Gasteiger partial charge in [-0.15, -0.1) is 6.42 Å². The summed E-state index contributed by atoms with van der Waals surface area (Å²) in [6, 6.07) is 6.01. The highest BCUT2D eigenvalue weighted by Gasteiger charge is 2.27. The second-order valence-corrected chi connectivity index (χ2v) is 4.02. The molecule has 1 atom stereocenters. The van der Waals surface area contributed by atoms with Crippen LogP contribution in [-0.4, -0.2) is 23.6 Å². The van der Waals surface area contributed by atoms with Crippen molar-refractivity contribution in [2.75, 3.05) is 13.6 Å². The normalized spacial score (nSPS) is 18.9. The molecule has 0 spiro atoms. The maximum absolute atomic E-state index is 9.84. The van der Waals surface area contributed by atoms with E-state index >= 15 is 0 Å². The molecule has 0 radical (unpaired) electrons. The minimum absolute atomic E-state index is 0.275. The fraction of sp³-hybridized carbons (Fsp3) is 0.385. The number of rotatable bonds is 2. The van der Waals surface area contributed by atoms with Crippen molar-refractivity contribution < 1.29 is 5.11 Å². The number of terminal acetylenes is 1. The first-order valence-corrected chi connectivity index (χ1v) is 5.18. The molecule has 2 heteroatoms. The van der Waals surface area contributed by atoms with Crippen molar-refractivity contribution in [2.24, 2.45) is 0 Å². The number of phenols is 1. The summed E-state index contributed by atoms with van der Waals surface area (Å²) < 4.78 is 0. The summed E-state index contributed by atoms with van der Waals surface area (Å²) in [4.78, 5) is 2.12. The lowest BCUT2D eigenvalue weighted by Gasteiger charge is -2.23. The molecule has 0 unspecified atom stereocenters. The summed E-state index contributed by atoms with van der Waals surface area (Å²) in [6.07, 6.45) is 7.38. The quantitative estimate of drug-likeness (QED) is 0.739. The highest BCUT2D eigenvalue weighted by molar-refractivity contribution is 5.44. The fourth-order valence-corrected chi connectivity index (χ4v) is 2.33. The molecule has 78 valence electrons. The van der Waals surface area contributed by atoms with Crippen LogP contribution in [0, 0.1) is 12.3 Å². The van der Waals surface area contributed by atoms with Gasteiger partial charge in [0.15, 0.2) is 0 Å². The molecule has 0 fully saturated rings. The zero-order valence-electron chi connectivity index (χ0n) is 8.90. The van der Waals surface area contributed by atoms with E-state index in [4.69, 9.17) is 6.42 Å². The van der Waals surface area contributed by atoms with Crippen LogP contribution in [0.2, 0.25) is 0 Å². The number of benzene rings is 1. The van der Waals surface area contributed by atoms with Crippen LogP contribution in [0.15, 0.2) is 18.2 Å². The fourth-order valence-electron chi connectivity index (χ4n) is 2.33. The minimum atomic E-state index is 0.275. The van der Waals surface area contributed by atoms with Gasteiger partial charge in [0.25, 0.3) is 0 Å². The summed E-state index contributed by atoms with van der Waals surface area (Å²) in [5.74, 6) is 3.04. The summed E-state index contributed by atoms with van der Waals surface area (Å²) in [7, 11) is 2.01. The Balaban J connectivity index is 2.32. The first kappa shape index (κ1) is 10.1. The average molecular weight is 201 g/mol. The van der Waals surface area contributed by atoms with Crippen molar-refractivity contribution in [2.45, 2.75) is 18.9 Å². The number of aryl methyl sites for hydroxylation is 1. The van der Waals surface area contributed by atoms with Gasteiger partial charge in [0, 0.05) is 11.6 Å². The van der Waals surface area contributed by atoms with Crippen LogP contribution in [-0.2, 0) is 6.42 Å². The monoisotopic (exact) mass is 201 g/mol. The van der Waals surface area contributed by atoms with Gasteiger partial charge >= 0.3 is 0 Å². The maximum atomic E-state index is 9.84. The molecule has 0 heterocycles. The predicted octanol–water partition coefficient (Wildman–Crippen LogP) is 1.94. The van der Waals surface area contributed by atoms with Crippen LogP contribution in [0.1, 0.15) is 23.6 Å². The van der Waals surface area contributed by atoms with E-state index in [-0.39, 0.29) is 6.04 Å². The van der Waals surface area contributed by atoms with E-state index < -0.39 is 0 Å². The molecule has 0 bridgehead atoms. The third-order valence-corrected chi connectivity index (χ3v) is 3.07. The van der Waals surface area contributed by atoms with Crippen molar-refractivity contribution in [1.29, 1.82) is 0 Å². The first-order valence-electron chi connectivity index (χ1n) is 5.18. The van der Waals surface area contributed by atoms with Crippen molar-refractivity contribution in [3.05, 3.63) is 29.3 Å². The van der Waals surface area contributed by atoms with E-state index in [0.29, 0.717) is 12.3 Å². The van der Waals surface area contributed by atoms with Gasteiger partial charge in [-0.2, -0.15) is 0 Å². The zero-order valence-corrected chi connectivity index (χ0v) is 8.90. The Kier molecular flexibility index (Phi) is 2.66. The molecule has 15 heavy (non-hydrogen) atoms. The topological polar surface area (TPSA) is 23.5 Å². The third-order valence-electron chi connectivity index (χ3n) is 3.07. The molecule has 0 saturated heterocycles. The van der Waals surface area contributed by atoms with Crippen LogP contribution < -0.4 is 0 Å². The second kappa shape index (κ2) is 3.96. The molecule has 1 aliphatic rings. The van der Waals surface area contributed by atoms with E-state index in [1.54, 1.807) is 6.07 Å². The Morgan fingerprint density at radius 1 is 1.60 bits per heavy atom. The molecule has 0 saturated carbocycles. The Bertz CT molecular complexity index is 405. The van der Waals surface area contributed by atoms with Gasteiger partial charge in [-0.25, -0.2) is 0 Å². The lowest BCUT2D eigenvalue weighted by atomic mass is 10.1. The Morgan fingerprint density at radius 3 is 3.13 bits per heavy atom. The Hall–Kier alpha value is -1.46. The lowest BCUT2D eigenvalue weighted by molar-refractivity contribution is 0.268. The van der Waals surface area contributed by atoms with Gasteiger partial charge in [-0.05, 0) is 31.5 Å². The van der Waals surface area contributed by atoms with Gasteiger partial charge in [0.2, 0.25) is 0 Å². The van der Waals surface area contributed by atoms with Crippen molar-refractivity contribution >= 4 is 0 Å². The molecule has 0 aliphatic heterocycles. The van der Waals surface area contributed by atoms with E-state index in [2.05, 4.69) is 16.9 Å². The minimum Gasteiger partial charge on any atom is -0.508 e.